The molecular weight excluding hydrogens is 422 g/mol. The highest BCUT2D eigenvalue weighted by Crippen LogP contribution is 2.18. The van der Waals surface area contributed by atoms with Gasteiger partial charge in [-0.3, -0.25) is 4.79 Å². The molecule has 0 spiro atoms. The molecule has 2 aromatic carbocycles. The predicted octanol–water partition coefficient (Wildman–Crippen LogP) is 4.50. The number of carbonyl (C=O) groups is 1. The molecule has 0 radical (unpaired) electrons. The fourth-order valence-corrected chi connectivity index (χ4v) is 3.71. The topological polar surface area (TPSA) is 81.9 Å². The molecule has 1 atom stereocenters. The first-order chi connectivity index (χ1) is 15.6. The van der Waals surface area contributed by atoms with Gasteiger partial charge in [-0.1, -0.05) is 24.3 Å². The molecule has 4 rings (SSSR count). The van der Waals surface area contributed by atoms with Crippen molar-refractivity contribution in [2.45, 2.75) is 26.5 Å². The van der Waals surface area contributed by atoms with Crippen molar-refractivity contribution in [3.05, 3.63) is 94.5 Å². The lowest BCUT2D eigenvalue weighted by atomic mass is 10.1. The number of carbonyl (C=O) groups excluding carboxylic acids is 1. The Bertz CT molecular complexity index is 1200. The molecule has 0 fully saturated rings. The lowest BCUT2D eigenvalue weighted by Gasteiger charge is -2.13. The van der Waals surface area contributed by atoms with Gasteiger partial charge in [0.15, 0.2) is 0 Å². The monoisotopic (exact) mass is 445 g/mol. The van der Waals surface area contributed by atoms with E-state index in [0.717, 1.165) is 33.3 Å². The SMILES string of the molecule is Cc1nc(COc2cccc(/C=C/C(=O)NC(C)c3ccc(-n4cncn4)cc3)c2)cs1. The Kier molecular flexibility index (Phi) is 6.72. The van der Waals surface area contributed by atoms with Crippen LogP contribution in [0.1, 0.15) is 34.8 Å². The molecule has 0 saturated carbocycles. The van der Waals surface area contributed by atoms with Gasteiger partial charge >= 0.3 is 0 Å². The number of aromatic nitrogens is 4. The highest BCUT2D eigenvalue weighted by Gasteiger charge is 2.08. The minimum Gasteiger partial charge on any atom is -0.487 e. The molecule has 7 nitrogen and oxygen atoms in total. The number of hydrogen-bond acceptors (Lipinski definition) is 6. The molecule has 1 N–H and O–H groups in total. The number of hydrogen-bond donors (Lipinski definition) is 1. The highest BCUT2D eigenvalue weighted by atomic mass is 32.1. The molecule has 0 bridgehead atoms. The van der Waals surface area contributed by atoms with Gasteiger partial charge < -0.3 is 10.1 Å². The number of nitrogens with one attached hydrogen (secondary N) is 1. The van der Waals surface area contributed by atoms with Crippen LogP contribution in [0.4, 0.5) is 0 Å². The number of aryl methyl sites for hydroxylation is 1. The fraction of sp³-hybridized carbons (Fsp3) is 0.167. The Morgan fingerprint density at radius 1 is 1.25 bits per heavy atom. The zero-order valence-corrected chi connectivity index (χ0v) is 18.6. The maximum Gasteiger partial charge on any atom is 0.244 e. The van der Waals surface area contributed by atoms with Crippen LogP contribution >= 0.6 is 11.3 Å². The lowest BCUT2D eigenvalue weighted by molar-refractivity contribution is -0.117. The highest BCUT2D eigenvalue weighted by molar-refractivity contribution is 7.09. The molecule has 8 heteroatoms. The quantitative estimate of drug-likeness (QED) is 0.404. The van der Waals surface area contributed by atoms with Crippen LogP contribution in [0.5, 0.6) is 5.75 Å². The largest absolute Gasteiger partial charge is 0.487 e. The molecule has 0 aliphatic rings. The predicted molar refractivity (Wildman–Crippen MR) is 125 cm³/mol. The average Bonchev–Trinajstić information content (AvgIpc) is 3.49. The van der Waals surface area contributed by atoms with E-state index in [4.69, 9.17) is 4.74 Å². The second kappa shape index (κ2) is 10.0. The zero-order chi connectivity index (χ0) is 22.3. The molecule has 1 amide bonds. The van der Waals surface area contributed by atoms with Crippen LogP contribution in [0.2, 0.25) is 0 Å². The van der Waals surface area contributed by atoms with E-state index in [1.54, 1.807) is 28.4 Å². The molecule has 1 unspecified atom stereocenters. The van der Waals surface area contributed by atoms with Crippen molar-refractivity contribution in [1.29, 1.82) is 0 Å². The van der Waals surface area contributed by atoms with Crippen molar-refractivity contribution < 1.29 is 9.53 Å². The smallest absolute Gasteiger partial charge is 0.244 e. The summed E-state index contributed by atoms with van der Waals surface area (Å²) < 4.78 is 7.50. The Morgan fingerprint density at radius 2 is 2.09 bits per heavy atom. The summed E-state index contributed by atoms with van der Waals surface area (Å²) in [6.07, 6.45) is 6.44. The number of amides is 1. The number of thiazole rings is 1. The summed E-state index contributed by atoms with van der Waals surface area (Å²) in [7, 11) is 0. The van der Waals surface area contributed by atoms with Crippen LogP contribution in [-0.2, 0) is 11.4 Å². The van der Waals surface area contributed by atoms with E-state index in [-0.39, 0.29) is 11.9 Å². The minimum atomic E-state index is -0.165. The van der Waals surface area contributed by atoms with Gasteiger partial charge in [-0.2, -0.15) is 5.10 Å². The van der Waals surface area contributed by atoms with Gasteiger partial charge in [-0.05, 0) is 55.3 Å². The third kappa shape index (κ3) is 5.67. The number of rotatable bonds is 8. The molecule has 162 valence electrons. The maximum atomic E-state index is 12.4. The van der Waals surface area contributed by atoms with Crippen LogP contribution in [0.15, 0.2) is 72.6 Å². The minimum absolute atomic E-state index is 0.131. The standard InChI is InChI=1S/C24H23N5O2S/c1-17(20-7-9-22(10-8-20)29-16-25-15-26-29)27-24(30)11-6-19-4-3-5-23(12-19)31-13-21-14-32-18(2)28-21/h3-12,14-17H,13H2,1-2H3,(H,27,30)/b11-6+. The van der Waals surface area contributed by atoms with Crippen molar-refractivity contribution >= 4 is 23.3 Å². The molecule has 0 aliphatic heterocycles. The maximum absolute atomic E-state index is 12.4. The summed E-state index contributed by atoms with van der Waals surface area (Å²) in [5.41, 5.74) is 3.72. The van der Waals surface area contributed by atoms with E-state index in [0.29, 0.717) is 6.61 Å². The Morgan fingerprint density at radius 3 is 2.81 bits per heavy atom. The fourth-order valence-electron chi connectivity index (χ4n) is 3.11. The van der Waals surface area contributed by atoms with Crippen molar-refractivity contribution in [2.24, 2.45) is 0 Å². The second-order valence-corrected chi connectivity index (χ2v) is 8.28. The summed E-state index contributed by atoms with van der Waals surface area (Å²) in [4.78, 5) is 20.7. The third-order valence-electron chi connectivity index (χ3n) is 4.77. The van der Waals surface area contributed by atoms with Gasteiger partial charge in [0.1, 0.15) is 25.0 Å². The van der Waals surface area contributed by atoms with Gasteiger partial charge in [0.05, 0.1) is 22.4 Å². The summed E-state index contributed by atoms with van der Waals surface area (Å²) in [5.74, 6) is 0.571. The van der Waals surface area contributed by atoms with Gasteiger partial charge in [-0.15, -0.1) is 11.3 Å². The van der Waals surface area contributed by atoms with Gasteiger partial charge in [0.2, 0.25) is 5.91 Å². The summed E-state index contributed by atoms with van der Waals surface area (Å²) in [5, 5.41) is 10.1. The molecule has 32 heavy (non-hydrogen) atoms. The third-order valence-corrected chi connectivity index (χ3v) is 5.60. The second-order valence-electron chi connectivity index (χ2n) is 7.21. The molecule has 4 aromatic rings. The van der Waals surface area contributed by atoms with E-state index >= 15 is 0 Å². The van der Waals surface area contributed by atoms with Crippen molar-refractivity contribution in [1.82, 2.24) is 25.1 Å². The summed E-state index contributed by atoms with van der Waals surface area (Å²) >= 11 is 1.60. The van der Waals surface area contributed by atoms with E-state index < -0.39 is 0 Å². The first-order valence-corrected chi connectivity index (χ1v) is 11.0. The number of nitrogens with zero attached hydrogens (tertiary/aromatic N) is 4. The molecule has 2 aromatic heterocycles. The normalized spacial score (nSPS) is 12.1. The molecular formula is C24H23N5O2S. The Hall–Kier alpha value is -3.78. The molecule has 2 heterocycles. The van der Waals surface area contributed by atoms with E-state index in [2.05, 4.69) is 20.4 Å². The van der Waals surface area contributed by atoms with Gasteiger partial charge in [-0.25, -0.2) is 14.6 Å². The summed E-state index contributed by atoms with van der Waals surface area (Å²) in [6, 6.07) is 15.3. The first-order valence-electron chi connectivity index (χ1n) is 10.1. The van der Waals surface area contributed by atoms with Crippen LogP contribution in [0.25, 0.3) is 11.8 Å². The summed E-state index contributed by atoms with van der Waals surface area (Å²) in [6.45, 7) is 4.34. The van der Waals surface area contributed by atoms with Crippen molar-refractivity contribution in [3.63, 3.8) is 0 Å². The molecule has 0 saturated heterocycles. The Balaban J connectivity index is 1.31. The van der Waals surface area contributed by atoms with Crippen LogP contribution < -0.4 is 10.1 Å². The van der Waals surface area contributed by atoms with Crippen molar-refractivity contribution in [2.75, 3.05) is 0 Å². The number of ether oxygens (including phenoxy) is 1. The van der Waals surface area contributed by atoms with E-state index in [1.165, 1.54) is 12.4 Å². The average molecular weight is 446 g/mol. The van der Waals surface area contributed by atoms with E-state index in [1.807, 2.05) is 67.8 Å². The molecule has 0 aliphatic carbocycles. The lowest BCUT2D eigenvalue weighted by Crippen LogP contribution is -2.24. The zero-order valence-electron chi connectivity index (χ0n) is 17.8. The van der Waals surface area contributed by atoms with Gasteiger partial charge in [0.25, 0.3) is 0 Å². The number of benzene rings is 2. The van der Waals surface area contributed by atoms with Crippen LogP contribution in [0.3, 0.4) is 0 Å². The first kappa shape index (κ1) is 21.5. The Labute approximate surface area is 190 Å². The van der Waals surface area contributed by atoms with Crippen LogP contribution in [-0.4, -0.2) is 25.7 Å². The van der Waals surface area contributed by atoms with Gasteiger partial charge in [0, 0.05) is 11.5 Å². The van der Waals surface area contributed by atoms with E-state index in [9.17, 15) is 4.79 Å². The van der Waals surface area contributed by atoms with Crippen LogP contribution in [0, 0.1) is 6.92 Å². The van der Waals surface area contributed by atoms with Crippen molar-refractivity contribution in [3.8, 4) is 11.4 Å².